The first kappa shape index (κ1) is 18.4. The van der Waals surface area contributed by atoms with Gasteiger partial charge >= 0.3 is 0 Å². The zero-order valence-corrected chi connectivity index (χ0v) is 16.6. The molecule has 2 aliphatic rings. The predicted octanol–water partition coefficient (Wildman–Crippen LogP) is 6.54. The smallest absolute Gasteiger partial charge is 0.0349 e. The Morgan fingerprint density at radius 3 is 1.41 bits per heavy atom. The number of anilines is 2. The van der Waals surface area contributed by atoms with Crippen LogP contribution in [-0.2, 0) is 6.42 Å². The fourth-order valence-electron chi connectivity index (χ4n) is 5.24. The summed E-state index contributed by atoms with van der Waals surface area (Å²) in [6.07, 6.45) is 14.3. The fraction of sp³-hybridized carbons (Fsp3) is 0.520. The Hall–Kier alpha value is -1.96. The number of benzene rings is 2. The largest absolute Gasteiger partial charge is 0.398 e. The Labute approximate surface area is 164 Å². The Morgan fingerprint density at radius 2 is 1.00 bits per heavy atom. The molecule has 144 valence electrons. The first-order valence-corrected chi connectivity index (χ1v) is 11.0. The minimum absolute atomic E-state index is 0.655. The SMILES string of the molecule is Nc1ccc(Cc2ccc(N)c(C3CCCCC3)c2)cc1C1CCCCC1. The van der Waals surface area contributed by atoms with Gasteiger partial charge in [0, 0.05) is 11.4 Å². The molecule has 0 atom stereocenters. The van der Waals surface area contributed by atoms with E-state index < -0.39 is 0 Å². The van der Waals surface area contributed by atoms with E-state index in [4.69, 9.17) is 11.5 Å². The maximum Gasteiger partial charge on any atom is 0.0349 e. The highest BCUT2D eigenvalue weighted by molar-refractivity contribution is 5.53. The molecule has 2 saturated carbocycles. The van der Waals surface area contributed by atoms with Crippen molar-refractivity contribution in [3.63, 3.8) is 0 Å². The molecule has 0 spiro atoms. The van der Waals surface area contributed by atoms with Crippen molar-refractivity contribution in [2.45, 2.75) is 82.5 Å². The van der Waals surface area contributed by atoms with Crippen molar-refractivity contribution in [1.29, 1.82) is 0 Å². The van der Waals surface area contributed by atoms with E-state index in [1.54, 1.807) is 0 Å². The van der Waals surface area contributed by atoms with Crippen LogP contribution in [-0.4, -0.2) is 0 Å². The van der Waals surface area contributed by atoms with Crippen LogP contribution >= 0.6 is 0 Å². The summed E-state index contributed by atoms with van der Waals surface area (Å²) in [7, 11) is 0. The summed E-state index contributed by atoms with van der Waals surface area (Å²) in [4.78, 5) is 0. The summed E-state index contributed by atoms with van der Waals surface area (Å²) in [6, 6.07) is 13.4. The zero-order chi connectivity index (χ0) is 18.6. The van der Waals surface area contributed by atoms with Gasteiger partial charge in [0.1, 0.15) is 0 Å². The van der Waals surface area contributed by atoms with Gasteiger partial charge in [-0.3, -0.25) is 0 Å². The molecular formula is C25H34N2. The minimum atomic E-state index is 0.655. The summed E-state index contributed by atoms with van der Waals surface area (Å²) >= 11 is 0. The average Bonchev–Trinajstić information content (AvgIpc) is 2.72. The van der Waals surface area contributed by atoms with Gasteiger partial charge in [0.15, 0.2) is 0 Å². The third-order valence-corrected chi connectivity index (χ3v) is 6.80. The van der Waals surface area contributed by atoms with Gasteiger partial charge < -0.3 is 11.5 Å². The number of hydrogen-bond acceptors (Lipinski definition) is 2. The van der Waals surface area contributed by atoms with Gasteiger partial charge in [0.05, 0.1) is 0 Å². The molecule has 2 fully saturated rings. The minimum Gasteiger partial charge on any atom is -0.398 e. The molecule has 4 rings (SSSR count). The van der Waals surface area contributed by atoms with Crippen molar-refractivity contribution in [3.05, 3.63) is 58.7 Å². The molecule has 0 heterocycles. The molecule has 0 saturated heterocycles. The molecule has 0 aliphatic heterocycles. The molecule has 2 aliphatic carbocycles. The van der Waals surface area contributed by atoms with Gasteiger partial charge in [-0.2, -0.15) is 0 Å². The summed E-state index contributed by atoms with van der Waals surface area (Å²) < 4.78 is 0. The topological polar surface area (TPSA) is 52.0 Å². The van der Waals surface area contributed by atoms with E-state index in [-0.39, 0.29) is 0 Å². The molecule has 0 aromatic heterocycles. The van der Waals surface area contributed by atoms with Gasteiger partial charge in [-0.25, -0.2) is 0 Å². The third-order valence-electron chi connectivity index (χ3n) is 6.80. The van der Waals surface area contributed by atoms with Crippen LogP contribution in [0.4, 0.5) is 11.4 Å². The molecule has 2 nitrogen and oxygen atoms in total. The van der Waals surface area contributed by atoms with Crippen LogP contribution in [0.5, 0.6) is 0 Å². The highest BCUT2D eigenvalue weighted by Gasteiger charge is 2.20. The molecule has 2 heteroatoms. The number of nitrogens with two attached hydrogens (primary N) is 2. The Kier molecular flexibility index (Phi) is 5.71. The average molecular weight is 363 g/mol. The van der Waals surface area contributed by atoms with E-state index in [1.807, 2.05) is 0 Å². The van der Waals surface area contributed by atoms with Crippen molar-refractivity contribution >= 4 is 11.4 Å². The fourth-order valence-corrected chi connectivity index (χ4v) is 5.24. The van der Waals surface area contributed by atoms with E-state index in [0.717, 1.165) is 17.8 Å². The Morgan fingerprint density at radius 1 is 0.593 bits per heavy atom. The summed E-state index contributed by atoms with van der Waals surface area (Å²) in [5, 5.41) is 0. The third kappa shape index (κ3) is 4.31. The van der Waals surface area contributed by atoms with E-state index >= 15 is 0 Å². The number of hydrogen-bond donors (Lipinski definition) is 2. The van der Waals surface area contributed by atoms with E-state index in [9.17, 15) is 0 Å². The zero-order valence-electron chi connectivity index (χ0n) is 16.6. The predicted molar refractivity (Wildman–Crippen MR) is 116 cm³/mol. The Bertz CT molecular complexity index is 702. The summed E-state index contributed by atoms with van der Waals surface area (Å²) in [5.41, 5.74) is 20.2. The van der Waals surface area contributed by atoms with Crippen molar-refractivity contribution < 1.29 is 0 Å². The second-order valence-electron chi connectivity index (χ2n) is 8.77. The molecule has 0 amide bonds. The van der Waals surface area contributed by atoms with Gasteiger partial charge in [0.25, 0.3) is 0 Å². The van der Waals surface area contributed by atoms with Gasteiger partial charge in [-0.1, -0.05) is 62.8 Å². The quantitative estimate of drug-likeness (QED) is 0.607. The molecule has 4 N–H and O–H groups in total. The van der Waals surface area contributed by atoms with Crippen LogP contribution < -0.4 is 11.5 Å². The first-order chi connectivity index (χ1) is 13.2. The molecule has 0 radical (unpaired) electrons. The second-order valence-corrected chi connectivity index (χ2v) is 8.77. The van der Waals surface area contributed by atoms with Crippen molar-refractivity contribution in [3.8, 4) is 0 Å². The van der Waals surface area contributed by atoms with Gasteiger partial charge in [-0.15, -0.1) is 0 Å². The lowest BCUT2D eigenvalue weighted by molar-refractivity contribution is 0.444. The summed E-state index contributed by atoms with van der Waals surface area (Å²) in [6.45, 7) is 0. The van der Waals surface area contributed by atoms with Crippen LogP contribution in [0.3, 0.4) is 0 Å². The molecule has 0 unspecified atom stereocenters. The van der Waals surface area contributed by atoms with Crippen molar-refractivity contribution in [2.24, 2.45) is 0 Å². The highest BCUT2D eigenvalue weighted by Crippen LogP contribution is 2.38. The van der Waals surface area contributed by atoms with Crippen LogP contribution in [0.2, 0.25) is 0 Å². The molecule has 2 aromatic rings. The highest BCUT2D eigenvalue weighted by atomic mass is 14.6. The van der Waals surface area contributed by atoms with Crippen LogP contribution in [0.1, 0.15) is 98.3 Å². The number of rotatable bonds is 4. The summed E-state index contributed by atoms with van der Waals surface area (Å²) in [5.74, 6) is 1.31. The maximum atomic E-state index is 6.34. The van der Waals surface area contributed by atoms with E-state index in [1.165, 1.54) is 86.5 Å². The molecular weight excluding hydrogens is 328 g/mol. The van der Waals surface area contributed by atoms with Gasteiger partial charge in [0.2, 0.25) is 0 Å². The first-order valence-electron chi connectivity index (χ1n) is 11.0. The van der Waals surface area contributed by atoms with Crippen molar-refractivity contribution in [1.82, 2.24) is 0 Å². The van der Waals surface area contributed by atoms with Crippen LogP contribution in [0.25, 0.3) is 0 Å². The lowest BCUT2D eigenvalue weighted by Crippen LogP contribution is -2.09. The molecule has 0 bridgehead atoms. The van der Waals surface area contributed by atoms with Crippen molar-refractivity contribution in [2.75, 3.05) is 11.5 Å². The number of nitrogen functional groups attached to an aromatic ring is 2. The van der Waals surface area contributed by atoms with E-state index in [2.05, 4.69) is 36.4 Å². The van der Waals surface area contributed by atoms with E-state index in [0.29, 0.717) is 11.8 Å². The standard InChI is InChI=1S/C25H34N2/c26-24-13-11-18(16-22(24)20-7-3-1-4-8-20)15-19-12-14-25(27)23(17-19)21-9-5-2-6-10-21/h11-14,16-17,20-21H,1-10,15,26-27H2. The molecule has 27 heavy (non-hydrogen) atoms. The monoisotopic (exact) mass is 362 g/mol. The normalized spacial score (nSPS) is 19.3. The maximum absolute atomic E-state index is 6.34. The lowest BCUT2D eigenvalue weighted by Gasteiger charge is -2.24. The van der Waals surface area contributed by atoms with Crippen LogP contribution in [0.15, 0.2) is 36.4 Å². The second kappa shape index (κ2) is 8.37. The van der Waals surface area contributed by atoms with Crippen LogP contribution in [0, 0.1) is 0 Å². The molecule has 2 aromatic carbocycles. The lowest BCUT2D eigenvalue weighted by atomic mass is 9.81. The Balaban J connectivity index is 1.55. The van der Waals surface area contributed by atoms with Gasteiger partial charge in [-0.05, 0) is 78.3 Å².